The molecule has 2 N–H and O–H groups in total. The van der Waals surface area contributed by atoms with Gasteiger partial charge in [0.05, 0.1) is 29.0 Å². The first-order valence-electron chi connectivity index (χ1n) is 14.2. The van der Waals surface area contributed by atoms with E-state index in [1.54, 1.807) is 24.3 Å². The van der Waals surface area contributed by atoms with Crippen molar-refractivity contribution in [2.75, 3.05) is 0 Å². The van der Waals surface area contributed by atoms with Crippen LogP contribution < -0.4 is 9.47 Å². The highest BCUT2D eigenvalue weighted by Crippen LogP contribution is 2.36. The summed E-state index contributed by atoms with van der Waals surface area (Å²) in [7, 11) is 1.91. The lowest BCUT2D eigenvalue weighted by molar-refractivity contribution is 0.206. The first kappa shape index (κ1) is 28.9. The van der Waals surface area contributed by atoms with Crippen LogP contribution in [-0.2, 0) is 7.05 Å². The topological polar surface area (TPSA) is 103 Å². The third-order valence-electron chi connectivity index (χ3n) is 6.83. The number of rotatable bonds is 13. The van der Waals surface area contributed by atoms with Gasteiger partial charge in [-0.1, -0.05) is 39.5 Å². The Balaban J connectivity index is 1.70. The van der Waals surface area contributed by atoms with Crippen molar-refractivity contribution in [1.82, 2.24) is 19.5 Å². The summed E-state index contributed by atoms with van der Waals surface area (Å²) in [5, 5.41) is 21.9. The molecule has 0 spiro atoms. The largest absolute Gasteiger partial charge is 0.507 e. The van der Waals surface area contributed by atoms with Crippen LogP contribution in [0.3, 0.4) is 0 Å². The lowest BCUT2D eigenvalue weighted by Crippen LogP contribution is -2.11. The molecule has 0 radical (unpaired) electrons. The molecule has 4 aromatic rings. The van der Waals surface area contributed by atoms with Crippen LogP contribution >= 0.6 is 0 Å². The smallest absolute Gasteiger partial charge is 0.180 e. The Morgan fingerprint density at radius 2 is 1.20 bits per heavy atom. The van der Waals surface area contributed by atoms with Crippen LogP contribution in [0.15, 0.2) is 54.7 Å². The molecule has 0 amide bonds. The number of phenols is 2. The Morgan fingerprint density at radius 1 is 0.725 bits per heavy atom. The van der Waals surface area contributed by atoms with E-state index in [4.69, 9.17) is 9.47 Å². The van der Waals surface area contributed by atoms with Crippen molar-refractivity contribution in [2.45, 2.75) is 78.4 Å². The molecule has 8 nitrogen and oxygen atoms in total. The zero-order chi connectivity index (χ0) is 28.6. The fourth-order valence-electron chi connectivity index (χ4n) is 4.54. The molecule has 0 aliphatic carbocycles. The van der Waals surface area contributed by atoms with Crippen LogP contribution in [0.4, 0.5) is 0 Å². The number of unbranched alkanes of at least 4 members (excludes halogenated alkanes) is 2. The van der Waals surface area contributed by atoms with Crippen LogP contribution in [0.5, 0.6) is 23.0 Å². The summed E-state index contributed by atoms with van der Waals surface area (Å²) in [6, 6.07) is 14.1. The average molecular weight is 545 g/mol. The van der Waals surface area contributed by atoms with Crippen LogP contribution in [0.1, 0.15) is 66.2 Å². The second-order valence-electron chi connectivity index (χ2n) is 10.3. The molecule has 2 aromatic heterocycles. The van der Waals surface area contributed by atoms with Crippen LogP contribution in [0, 0.1) is 0 Å². The standard InChI is InChI=1S/C32H40N4O4/c1-6-8-11-21(3)39-23-14-16-25(28(37)19-23)30-33-31(35-32(34-30)27-13-10-18-36(27)5)26-17-15-24(20-29(26)38)40-22(4)12-9-7-2/h10,13-22,37-38H,6-9,11-12H2,1-5H3. The van der Waals surface area contributed by atoms with Crippen molar-refractivity contribution in [3.63, 3.8) is 0 Å². The maximum Gasteiger partial charge on any atom is 0.180 e. The Hall–Kier alpha value is -4.07. The summed E-state index contributed by atoms with van der Waals surface area (Å²) in [4.78, 5) is 14.0. The Labute approximate surface area is 236 Å². The van der Waals surface area contributed by atoms with E-state index < -0.39 is 0 Å². The number of aromatic hydroxyl groups is 2. The van der Waals surface area contributed by atoms with Gasteiger partial charge in [0.2, 0.25) is 0 Å². The molecule has 40 heavy (non-hydrogen) atoms. The molecule has 8 heteroatoms. The molecule has 0 fully saturated rings. The van der Waals surface area contributed by atoms with Gasteiger partial charge in [0.15, 0.2) is 17.5 Å². The lowest BCUT2D eigenvalue weighted by Gasteiger charge is -2.16. The van der Waals surface area contributed by atoms with E-state index in [2.05, 4.69) is 28.8 Å². The number of aromatic nitrogens is 4. The fourth-order valence-corrected chi connectivity index (χ4v) is 4.54. The van der Waals surface area contributed by atoms with E-state index in [-0.39, 0.29) is 35.4 Å². The monoisotopic (exact) mass is 544 g/mol. The summed E-state index contributed by atoms with van der Waals surface area (Å²) in [5.74, 6) is 2.18. The van der Waals surface area contributed by atoms with Gasteiger partial charge in [0.1, 0.15) is 23.0 Å². The maximum absolute atomic E-state index is 11.0. The minimum atomic E-state index is 0.00390. The molecule has 0 bridgehead atoms. The van der Waals surface area contributed by atoms with Crippen molar-refractivity contribution in [2.24, 2.45) is 7.05 Å². The summed E-state index contributed by atoms with van der Waals surface area (Å²) in [5.41, 5.74) is 1.66. The van der Waals surface area contributed by atoms with Crippen LogP contribution in [0.2, 0.25) is 0 Å². The van der Waals surface area contributed by atoms with Gasteiger partial charge in [0, 0.05) is 25.4 Å². The minimum absolute atomic E-state index is 0.00390. The van der Waals surface area contributed by atoms with Crippen molar-refractivity contribution < 1.29 is 19.7 Å². The zero-order valence-corrected chi connectivity index (χ0v) is 24.1. The van der Waals surface area contributed by atoms with Gasteiger partial charge in [0.25, 0.3) is 0 Å². The number of benzene rings is 2. The zero-order valence-electron chi connectivity index (χ0n) is 24.1. The molecular weight excluding hydrogens is 504 g/mol. The second kappa shape index (κ2) is 13.3. The van der Waals surface area contributed by atoms with E-state index in [1.807, 2.05) is 55.9 Å². The summed E-state index contributed by atoms with van der Waals surface area (Å²) in [6.45, 7) is 8.35. The number of nitrogens with zero attached hydrogens (tertiary/aromatic N) is 4. The van der Waals surface area contributed by atoms with Gasteiger partial charge in [-0.25, -0.2) is 15.0 Å². The molecule has 2 atom stereocenters. The molecule has 2 aromatic carbocycles. The molecular formula is C32H40N4O4. The average Bonchev–Trinajstić information content (AvgIpc) is 3.36. The summed E-state index contributed by atoms with van der Waals surface area (Å²) in [6.07, 6.45) is 8.26. The number of ether oxygens (including phenoxy) is 2. The predicted molar refractivity (Wildman–Crippen MR) is 158 cm³/mol. The van der Waals surface area contributed by atoms with Crippen molar-refractivity contribution in [3.8, 4) is 57.3 Å². The lowest BCUT2D eigenvalue weighted by atomic mass is 10.1. The number of hydrogen-bond acceptors (Lipinski definition) is 7. The van der Waals surface area contributed by atoms with E-state index in [0.29, 0.717) is 28.5 Å². The van der Waals surface area contributed by atoms with Crippen LogP contribution in [-0.4, -0.2) is 41.9 Å². The van der Waals surface area contributed by atoms with Gasteiger partial charge in [-0.15, -0.1) is 0 Å². The third-order valence-corrected chi connectivity index (χ3v) is 6.83. The first-order chi connectivity index (χ1) is 19.3. The van der Waals surface area contributed by atoms with Crippen molar-refractivity contribution in [3.05, 3.63) is 54.7 Å². The van der Waals surface area contributed by atoms with Crippen molar-refractivity contribution in [1.29, 1.82) is 0 Å². The predicted octanol–water partition coefficient (Wildman–Crippen LogP) is 7.54. The number of hydrogen-bond donors (Lipinski definition) is 2. The summed E-state index contributed by atoms with van der Waals surface area (Å²) < 4.78 is 13.9. The molecule has 2 unspecified atom stereocenters. The second-order valence-corrected chi connectivity index (χ2v) is 10.3. The van der Waals surface area contributed by atoms with E-state index in [0.717, 1.165) is 44.2 Å². The molecule has 0 saturated heterocycles. The van der Waals surface area contributed by atoms with E-state index >= 15 is 0 Å². The minimum Gasteiger partial charge on any atom is -0.507 e. The number of phenolic OH excluding ortho intramolecular Hbond substituents is 2. The maximum atomic E-state index is 11.0. The molecule has 0 aliphatic heterocycles. The third kappa shape index (κ3) is 7.11. The highest BCUT2D eigenvalue weighted by atomic mass is 16.5. The Morgan fingerprint density at radius 3 is 1.60 bits per heavy atom. The molecule has 212 valence electrons. The Kier molecular flexibility index (Phi) is 9.64. The highest BCUT2D eigenvalue weighted by molar-refractivity contribution is 5.72. The summed E-state index contributed by atoms with van der Waals surface area (Å²) >= 11 is 0. The highest BCUT2D eigenvalue weighted by Gasteiger charge is 2.19. The molecule has 2 heterocycles. The first-order valence-corrected chi connectivity index (χ1v) is 14.2. The Bertz CT molecular complexity index is 1330. The van der Waals surface area contributed by atoms with E-state index in [1.165, 1.54) is 0 Å². The van der Waals surface area contributed by atoms with Gasteiger partial charge in [-0.2, -0.15) is 0 Å². The molecule has 4 rings (SSSR count). The quantitative estimate of drug-likeness (QED) is 0.179. The van der Waals surface area contributed by atoms with Gasteiger partial charge < -0.3 is 24.3 Å². The van der Waals surface area contributed by atoms with Gasteiger partial charge in [-0.3, -0.25) is 0 Å². The van der Waals surface area contributed by atoms with Gasteiger partial charge >= 0.3 is 0 Å². The SMILES string of the molecule is CCCCC(C)Oc1ccc(-c2nc(-c3ccc(OC(C)CCCC)cc3O)nc(-c3cccn3C)n2)c(O)c1. The normalized spacial score (nSPS) is 12.7. The fraction of sp³-hybridized carbons (Fsp3) is 0.406. The molecule has 0 saturated carbocycles. The number of aryl methyl sites for hydroxylation is 1. The van der Waals surface area contributed by atoms with Crippen molar-refractivity contribution >= 4 is 0 Å². The molecule has 0 aliphatic rings. The van der Waals surface area contributed by atoms with Crippen LogP contribution in [0.25, 0.3) is 34.3 Å². The van der Waals surface area contributed by atoms with E-state index in [9.17, 15) is 10.2 Å². The van der Waals surface area contributed by atoms with Gasteiger partial charge in [-0.05, 0) is 63.1 Å².